The Labute approximate surface area is 63.8 Å². The van der Waals surface area contributed by atoms with E-state index >= 15 is 0 Å². The van der Waals surface area contributed by atoms with Gasteiger partial charge in [-0.1, -0.05) is 0 Å². The molecular formula is C5H10ClNO3. The number of halogens is 1. The van der Waals surface area contributed by atoms with Crippen LogP contribution in [0, 0.1) is 0 Å². The highest BCUT2D eigenvalue weighted by Gasteiger charge is 2.13. The number of aliphatic hydroxyl groups excluding tert-OH is 1. The molecule has 0 aromatic rings. The Bertz CT molecular complexity index is 119. The summed E-state index contributed by atoms with van der Waals surface area (Å²) in [6.07, 6.45) is -1.98. The molecule has 0 aromatic heterocycles. The minimum absolute atomic E-state index is 0.0292. The van der Waals surface area contributed by atoms with Crippen LogP contribution in [0.3, 0.4) is 0 Å². The lowest BCUT2D eigenvalue weighted by atomic mass is 10.2. The first-order chi connectivity index (χ1) is 4.57. The normalized spacial score (nSPS) is 15.9. The summed E-state index contributed by atoms with van der Waals surface area (Å²) in [5.74, 6) is 0.0292. The first-order valence-corrected chi connectivity index (χ1v) is 3.35. The topological polar surface area (TPSA) is 69.6 Å². The maximum absolute atomic E-state index is 9.96. The fourth-order valence-electron chi connectivity index (χ4n) is 0.425. The molecule has 1 amide bonds. The monoisotopic (exact) mass is 167 g/mol. The number of carbonyl (C=O) groups is 1. The maximum atomic E-state index is 9.96. The van der Waals surface area contributed by atoms with Gasteiger partial charge in [0.25, 0.3) is 0 Å². The van der Waals surface area contributed by atoms with Gasteiger partial charge in [0.05, 0.1) is 18.0 Å². The van der Waals surface area contributed by atoms with Gasteiger partial charge in [0.1, 0.15) is 0 Å². The largest absolute Gasteiger partial charge is 0.465 e. The third-order valence-electron chi connectivity index (χ3n) is 1.09. The summed E-state index contributed by atoms with van der Waals surface area (Å²) >= 11 is 5.25. The number of nitrogens with one attached hydrogen (secondary N) is 1. The zero-order valence-electron chi connectivity index (χ0n) is 5.54. The molecule has 0 aliphatic rings. The van der Waals surface area contributed by atoms with Crippen molar-refractivity contribution in [2.45, 2.75) is 19.1 Å². The lowest BCUT2D eigenvalue weighted by molar-refractivity contribution is 0.142. The molecule has 0 spiro atoms. The van der Waals surface area contributed by atoms with E-state index in [0.29, 0.717) is 0 Å². The van der Waals surface area contributed by atoms with Gasteiger partial charge in [0.2, 0.25) is 0 Å². The fraction of sp³-hybridized carbons (Fsp3) is 0.800. The van der Waals surface area contributed by atoms with Crippen molar-refractivity contribution in [3.63, 3.8) is 0 Å². The van der Waals surface area contributed by atoms with Crippen molar-refractivity contribution in [1.82, 2.24) is 5.32 Å². The molecule has 0 bridgehead atoms. The smallest absolute Gasteiger partial charge is 0.404 e. The third-order valence-corrected chi connectivity index (χ3v) is 1.40. The molecule has 10 heavy (non-hydrogen) atoms. The Morgan fingerprint density at radius 1 is 1.80 bits per heavy atom. The second-order valence-electron chi connectivity index (χ2n) is 1.96. The summed E-state index contributed by atoms with van der Waals surface area (Å²) < 4.78 is 0. The van der Waals surface area contributed by atoms with E-state index in [-0.39, 0.29) is 5.88 Å². The summed E-state index contributed by atoms with van der Waals surface area (Å²) in [7, 11) is 0. The van der Waals surface area contributed by atoms with Crippen molar-refractivity contribution in [2.75, 3.05) is 5.88 Å². The predicted molar refractivity (Wildman–Crippen MR) is 37.3 cm³/mol. The number of rotatable bonds is 3. The molecule has 0 fully saturated rings. The van der Waals surface area contributed by atoms with Gasteiger partial charge in [0.15, 0.2) is 0 Å². The van der Waals surface area contributed by atoms with E-state index in [1.54, 1.807) is 6.92 Å². The molecule has 0 saturated carbocycles. The number of hydrogen-bond acceptors (Lipinski definition) is 2. The Morgan fingerprint density at radius 2 is 2.30 bits per heavy atom. The molecule has 0 rings (SSSR count). The molecule has 0 aliphatic carbocycles. The summed E-state index contributed by atoms with van der Waals surface area (Å²) in [5, 5.41) is 19.2. The second kappa shape index (κ2) is 4.35. The molecule has 0 aromatic carbocycles. The van der Waals surface area contributed by atoms with E-state index < -0.39 is 18.2 Å². The van der Waals surface area contributed by atoms with Crippen LogP contribution in [-0.2, 0) is 0 Å². The van der Waals surface area contributed by atoms with E-state index in [2.05, 4.69) is 5.32 Å². The van der Waals surface area contributed by atoms with Crippen LogP contribution in [-0.4, -0.2) is 34.3 Å². The van der Waals surface area contributed by atoms with Gasteiger partial charge in [0, 0.05) is 0 Å². The molecule has 4 nitrogen and oxygen atoms in total. The molecule has 0 radical (unpaired) electrons. The summed E-state index contributed by atoms with van der Waals surface area (Å²) in [6, 6.07) is -0.519. The number of aliphatic hydroxyl groups is 1. The Morgan fingerprint density at radius 3 is 2.60 bits per heavy atom. The van der Waals surface area contributed by atoms with Crippen molar-refractivity contribution in [3.05, 3.63) is 0 Å². The number of amides is 1. The van der Waals surface area contributed by atoms with Crippen LogP contribution in [0.15, 0.2) is 0 Å². The Kier molecular flexibility index (Phi) is 4.14. The summed E-state index contributed by atoms with van der Waals surface area (Å²) in [4.78, 5) is 9.96. The van der Waals surface area contributed by atoms with Gasteiger partial charge in [-0.05, 0) is 6.92 Å². The lowest BCUT2D eigenvalue weighted by Gasteiger charge is -2.15. The quantitative estimate of drug-likeness (QED) is 0.528. The van der Waals surface area contributed by atoms with Gasteiger partial charge >= 0.3 is 6.09 Å². The number of alkyl halides is 1. The first kappa shape index (κ1) is 9.52. The Hall–Kier alpha value is -0.480. The van der Waals surface area contributed by atoms with Gasteiger partial charge in [-0.3, -0.25) is 0 Å². The van der Waals surface area contributed by atoms with Gasteiger partial charge < -0.3 is 15.5 Å². The SMILES string of the molecule is CC(NC(=O)O)C(O)CCl. The summed E-state index contributed by atoms with van der Waals surface area (Å²) in [5.41, 5.74) is 0. The van der Waals surface area contributed by atoms with Crippen LogP contribution < -0.4 is 5.32 Å². The summed E-state index contributed by atoms with van der Waals surface area (Å²) in [6.45, 7) is 1.54. The molecule has 60 valence electrons. The van der Waals surface area contributed by atoms with Gasteiger partial charge in [-0.25, -0.2) is 4.79 Å². The molecule has 2 unspecified atom stereocenters. The molecular weight excluding hydrogens is 158 g/mol. The van der Waals surface area contributed by atoms with Crippen LogP contribution in [0.1, 0.15) is 6.92 Å². The highest BCUT2D eigenvalue weighted by molar-refractivity contribution is 6.18. The van der Waals surface area contributed by atoms with Crippen molar-refractivity contribution in [1.29, 1.82) is 0 Å². The molecule has 0 aliphatic heterocycles. The van der Waals surface area contributed by atoms with Crippen LogP contribution in [0.25, 0.3) is 0 Å². The van der Waals surface area contributed by atoms with Crippen molar-refractivity contribution in [3.8, 4) is 0 Å². The van der Waals surface area contributed by atoms with Crippen molar-refractivity contribution >= 4 is 17.7 Å². The van der Waals surface area contributed by atoms with E-state index in [9.17, 15) is 4.79 Å². The standard InChI is InChI=1S/C5H10ClNO3/c1-3(4(8)2-6)7-5(9)10/h3-4,7-8H,2H2,1H3,(H,9,10). The zero-order valence-corrected chi connectivity index (χ0v) is 6.30. The van der Waals surface area contributed by atoms with Gasteiger partial charge in [-0.2, -0.15) is 0 Å². The minimum Gasteiger partial charge on any atom is -0.465 e. The molecule has 2 atom stereocenters. The van der Waals surface area contributed by atoms with E-state index in [1.807, 2.05) is 0 Å². The van der Waals surface area contributed by atoms with E-state index in [1.165, 1.54) is 0 Å². The molecule has 0 saturated heterocycles. The van der Waals surface area contributed by atoms with Crippen LogP contribution in [0.4, 0.5) is 4.79 Å². The fourth-order valence-corrected chi connectivity index (χ4v) is 0.692. The zero-order chi connectivity index (χ0) is 8.15. The maximum Gasteiger partial charge on any atom is 0.404 e. The van der Waals surface area contributed by atoms with Crippen molar-refractivity contribution < 1.29 is 15.0 Å². The van der Waals surface area contributed by atoms with E-state index in [0.717, 1.165) is 0 Å². The average Bonchev–Trinajstić information content (AvgIpc) is 1.85. The number of hydrogen-bond donors (Lipinski definition) is 3. The average molecular weight is 168 g/mol. The molecule has 5 heteroatoms. The first-order valence-electron chi connectivity index (χ1n) is 2.81. The highest BCUT2D eigenvalue weighted by Crippen LogP contribution is 1.94. The van der Waals surface area contributed by atoms with Crippen LogP contribution in [0.5, 0.6) is 0 Å². The predicted octanol–water partition coefficient (Wildman–Crippen LogP) is 0.242. The van der Waals surface area contributed by atoms with Crippen LogP contribution >= 0.6 is 11.6 Å². The second-order valence-corrected chi connectivity index (χ2v) is 2.27. The van der Waals surface area contributed by atoms with Crippen molar-refractivity contribution in [2.24, 2.45) is 0 Å². The van der Waals surface area contributed by atoms with Gasteiger partial charge in [-0.15, -0.1) is 11.6 Å². The van der Waals surface area contributed by atoms with E-state index in [4.69, 9.17) is 21.8 Å². The molecule has 0 heterocycles. The molecule has 3 N–H and O–H groups in total. The van der Waals surface area contributed by atoms with Crippen LogP contribution in [0.2, 0.25) is 0 Å². The minimum atomic E-state index is -1.16. The number of carboxylic acid groups (broad SMARTS) is 1. The highest BCUT2D eigenvalue weighted by atomic mass is 35.5. The Balaban J connectivity index is 3.61. The lowest BCUT2D eigenvalue weighted by Crippen LogP contribution is -2.41. The third kappa shape index (κ3) is 3.53.